The highest BCUT2D eigenvalue weighted by molar-refractivity contribution is 5.83. The third-order valence-electron chi connectivity index (χ3n) is 4.04. The van der Waals surface area contributed by atoms with Crippen LogP contribution < -0.4 is 5.32 Å². The van der Waals surface area contributed by atoms with Crippen LogP contribution in [-0.4, -0.2) is 37.5 Å². The van der Waals surface area contributed by atoms with Gasteiger partial charge >= 0.3 is 0 Å². The molecule has 0 aromatic heterocycles. The Morgan fingerprint density at radius 2 is 2.35 bits per heavy atom. The van der Waals surface area contributed by atoms with Crippen LogP contribution in [-0.2, 0) is 4.79 Å². The van der Waals surface area contributed by atoms with E-state index in [1.165, 1.54) is 18.6 Å². The molecule has 0 saturated carbocycles. The monoisotopic (exact) mass is 278 g/mol. The van der Waals surface area contributed by atoms with Gasteiger partial charge in [-0.2, -0.15) is 0 Å². The van der Waals surface area contributed by atoms with Crippen molar-refractivity contribution in [1.29, 1.82) is 0 Å². The lowest BCUT2D eigenvalue weighted by Crippen LogP contribution is -2.44. The fraction of sp³-hybridized carbons (Fsp3) is 0.562. The van der Waals surface area contributed by atoms with Crippen LogP contribution in [0.3, 0.4) is 0 Å². The number of carbonyl (C=O) groups is 1. The van der Waals surface area contributed by atoms with Crippen molar-refractivity contribution < 1.29 is 9.18 Å². The second-order valence-corrected chi connectivity index (χ2v) is 5.63. The minimum Gasteiger partial charge on any atom is -0.342 e. The third-order valence-corrected chi connectivity index (χ3v) is 4.04. The van der Waals surface area contributed by atoms with Gasteiger partial charge in [-0.25, -0.2) is 4.39 Å². The van der Waals surface area contributed by atoms with Crippen LogP contribution in [0.1, 0.15) is 31.2 Å². The Hall–Kier alpha value is -1.42. The molecular formula is C16H23FN2O. The molecule has 0 radical (unpaired) electrons. The van der Waals surface area contributed by atoms with Crippen molar-refractivity contribution in [3.05, 3.63) is 35.6 Å². The zero-order valence-electron chi connectivity index (χ0n) is 12.2. The predicted molar refractivity (Wildman–Crippen MR) is 78.0 cm³/mol. The lowest BCUT2D eigenvalue weighted by molar-refractivity contribution is -0.134. The van der Waals surface area contributed by atoms with Crippen molar-refractivity contribution in [2.75, 3.05) is 26.7 Å². The highest BCUT2D eigenvalue weighted by atomic mass is 19.1. The Labute approximate surface area is 120 Å². The second-order valence-electron chi connectivity index (χ2n) is 5.63. The maximum Gasteiger partial charge on any atom is 0.229 e. The van der Waals surface area contributed by atoms with Gasteiger partial charge in [0.1, 0.15) is 5.82 Å². The fourth-order valence-corrected chi connectivity index (χ4v) is 2.91. The number of nitrogens with one attached hydrogen (secondary N) is 1. The van der Waals surface area contributed by atoms with E-state index in [0.717, 1.165) is 31.6 Å². The molecule has 0 spiro atoms. The van der Waals surface area contributed by atoms with Crippen LogP contribution >= 0.6 is 0 Å². The van der Waals surface area contributed by atoms with E-state index in [0.29, 0.717) is 5.92 Å². The largest absolute Gasteiger partial charge is 0.342 e. The number of carbonyl (C=O) groups excluding carboxylic acids is 1. The Balaban J connectivity index is 2.03. The summed E-state index contributed by atoms with van der Waals surface area (Å²) in [5.74, 6) is 0.0710. The second kappa shape index (κ2) is 6.84. The molecule has 3 nitrogen and oxygen atoms in total. The van der Waals surface area contributed by atoms with E-state index in [4.69, 9.17) is 0 Å². The smallest absolute Gasteiger partial charge is 0.229 e. The van der Waals surface area contributed by atoms with Gasteiger partial charge in [0, 0.05) is 13.1 Å². The highest BCUT2D eigenvalue weighted by Gasteiger charge is 2.27. The van der Waals surface area contributed by atoms with Gasteiger partial charge in [0.15, 0.2) is 0 Å². The van der Waals surface area contributed by atoms with Crippen molar-refractivity contribution in [2.45, 2.75) is 25.7 Å². The fourth-order valence-electron chi connectivity index (χ4n) is 2.91. The molecule has 20 heavy (non-hydrogen) atoms. The van der Waals surface area contributed by atoms with E-state index >= 15 is 0 Å². The first-order chi connectivity index (χ1) is 9.61. The van der Waals surface area contributed by atoms with Crippen molar-refractivity contribution in [3.8, 4) is 0 Å². The van der Waals surface area contributed by atoms with Crippen molar-refractivity contribution in [3.63, 3.8) is 0 Å². The average molecular weight is 278 g/mol. The number of likely N-dealkylation sites (tertiary alicyclic amines) is 1. The standard InChI is InChI=1S/C16H23FN2O/c1-12(14-6-3-7-15(17)9-14)16(20)19-8-4-5-13(11-19)10-18-2/h3,6-7,9,12-13,18H,4-5,8,10-11H2,1-2H3. The number of amides is 1. The van der Waals surface area contributed by atoms with Gasteiger partial charge in [0.2, 0.25) is 5.91 Å². The van der Waals surface area contributed by atoms with Crippen molar-refractivity contribution >= 4 is 5.91 Å². The summed E-state index contributed by atoms with van der Waals surface area (Å²) in [6, 6.07) is 6.34. The minimum absolute atomic E-state index is 0.108. The van der Waals surface area contributed by atoms with Crippen LogP contribution in [0, 0.1) is 11.7 Å². The van der Waals surface area contributed by atoms with E-state index in [2.05, 4.69) is 5.32 Å². The van der Waals surface area contributed by atoms with Crippen LogP contribution in [0.15, 0.2) is 24.3 Å². The zero-order chi connectivity index (χ0) is 14.5. The lowest BCUT2D eigenvalue weighted by atomic mass is 9.94. The highest BCUT2D eigenvalue weighted by Crippen LogP contribution is 2.23. The van der Waals surface area contributed by atoms with Crippen LogP contribution in [0.4, 0.5) is 4.39 Å². The Morgan fingerprint density at radius 1 is 1.55 bits per heavy atom. The predicted octanol–water partition coefficient (Wildman–Crippen LogP) is 2.39. The molecule has 4 heteroatoms. The van der Waals surface area contributed by atoms with E-state index in [9.17, 15) is 9.18 Å². The summed E-state index contributed by atoms with van der Waals surface area (Å²) in [5, 5.41) is 3.18. The Kier molecular flexibility index (Phi) is 5.12. The van der Waals surface area contributed by atoms with Crippen molar-refractivity contribution in [2.24, 2.45) is 5.92 Å². The SMILES string of the molecule is CNCC1CCCN(C(=O)C(C)c2cccc(F)c2)C1. The zero-order valence-corrected chi connectivity index (χ0v) is 12.2. The number of hydrogen-bond donors (Lipinski definition) is 1. The normalized spacial score (nSPS) is 20.8. The molecule has 1 N–H and O–H groups in total. The van der Waals surface area contributed by atoms with Gasteiger partial charge in [0.25, 0.3) is 0 Å². The van der Waals surface area contributed by atoms with Gasteiger partial charge in [-0.3, -0.25) is 4.79 Å². The molecule has 0 bridgehead atoms. The molecule has 0 aliphatic carbocycles. The molecule has 2 unspecified atom stereocenters. The molecule has 1 fully saturated rings. The van der Waals surface area contributed by atoms with E-state index in [-0.39, 0.29) is 17.6 Å². The van der Waals surface area contributed by atoms with E-state index < -0.39 is 0 Å². The Morgan fingerprint density at radius 3 is 3.05 bits per heavy atom. The summed E-state index contributed by atoms with van der Waals surface area (Å²) >= 11 is 0. The summed E-state index contributed by atoms with van der Waals surface area (Å²) in [6.07, 6.45) is 2.22. The Bertz CT molecular complexity index is 462. The first-order valence-corrected chi connectivity index (χ1v) is 7.30. The quantitative estimate of drug-likeness (QED) is 0.917. The summed E-state index contributed by atoms with van der Waals surface area (Å²) in [6.45, 7) is 4.43. The molecule has 2 atom stereocenters. The summed E-state index contributed by atoms with van der Waals surface area (Å²) in [4.78, 5) is 14.5. The number of benzene rings is 1. The first-order valence-electron chi connectivity index (χ1n) is 7.30. The molecular weight excluding hydrogens is 255 g/mol. The molecule has 1 amide bonds. The number of piperidine rings is 1. The van der Waals surface area contributed by atoms with Gasteiger partial charge in [0.05, 0.1) is 5.92 Å². The minimum atomic E-state index is -0.283. The maximum absolute atomic E-state index is 13.3. The van der Waals surface area contributed by atoms with Gasteiger partial charge in [-0.15, -0.1) is 0 Å². The van der Waals surface area contributed by atoms with E-state index in [1.54, 1.807) is 6.07 Å². The summed E-state index contributed by atoms with van der Waals surface area (Å²) in [7, 11) is 1.94. The van der Waals surface area contributed by atoms with Crippen LogP contribution in [0.2, 0.25) is 0 Å². The summed E-state index contributed by atoms with van der Waals surface area (Å²) in [5.41, 5.74) is 0.755. The molecule has 1 aliphatic heterocycles. The van der Waals surface area contributed by atoms with Crippen LogP contribution in [0.5, 0.6) is 0 Å². The molecule has 2 rings (SSSR count). The molecule has 1 aromatic rings. The van der Waals surface area contributed by atoms with Gasteiger partial charge < -0.3 is 10.2 Å². The lowest BCUT2D eigenvalue weighted by Gasteiger charge is -2.34. The molecule has 1 aromatic carbocycles. The van der Waals surface area contributed by atoms with Crippen LogP contribution in [0.25, 0.3) is 0 Å². The molecule has 1 heterocycles. The average Bonchev–Trinajstić information content (AvgIpc) is 2.46. The van der Waals surface area contributed by atoms with Crippen molar-refractivity contribution in [1.82, 2.24) is 10.2 Å². The number of hydrogen-bond acceptors (Lipinski definition) is 2. The maximum atomic E-state index is 13.3. The summed E-state index contributed by atoms with van der Waals surface area (Å²) < 4.78 is 13.3. The number of nitrogens with zero attached hydrogens (tertiary/aromatic N) is 1. The van der Waals surface area contributed by atoms with Gasteiger partial charge in [-0.05, 0) is 57.0 Å². The molecule has 1 saturated heterocycles. The van der Waals surface area contributed by atoms with E-state index in [1.807, 2.05) is 24.9 Å². The molecule has 1 aliphatic rings. The topological polar surface area (TPSA) is 32.3 Å². The number of rotatable bonds is 4. The first kappa shape index (κ1) is 15.0. The number of halogens is 1. The van der Waals surface area contributed by atoms with Gasteiger partial charge in [-0.1, -0.05) is 12.1 Å². The molecule has 110 valence electrons. The third kappa shape index (κ3) is 3.57.